The fourth-order valence-corrected chi connectivity index (χ4v) is 10.5. The predicted octanol–water partition coefficient (Wildman–Crippen LogP) is 18.9. The molecule has 0 fully saturated rings. The number of rotatable bonds is 10. The summed E-state index contributed by atoms with van der Waals surface area (Å²) >= 11 is 0. The SMILES string of the molecule is CC(C)(C)c1ccc(N(c2ccccc2)c2cc(C(C)(C)C)cc(N(c3ccc(-c4nc(-c5ccccc5)nc(C5c6ccccc6-c6ccccc65)n4)cc3)c3ccc(C(C)(C)C)cc3)c2-c2ccccc2)cc1. The predicted molar refractivity (Wildman–Crippen MR) is 314 cm³/mol. The van der Waals surface area contributed by atoms with E-state index in [2.05, 4.69) is 278 Å². The van der Waals surface area contributed by atoms with Crippen molar-refractivity contribution in [2.75, 3.05) is 9.80 Å². The summed E-state index contributed by atoms with van der Waals surface area (Å²) in [4.78, 5) is 20.8. The molecule has 0 spiro atoms. The maximum Gasteiger partial charge on any atom is 0.163 e. The molecule has 5 nitrogen and oxygen atoms in total. The Hall–Kier alpha value is -8.41. The molecule has 1 aromatic heterocycles. The number of hydrogen-bond acceptors (Lipinski definition) is 5. The first-order valence-corrected chi connectivity index (χ1v) is 26.3. The van der Waals surface area contributed by atoms with Gasteiger partial charge in [-0.3, -0.25) is 0 Å². The van der Waals surface area contributed by atoms with Gasteiger partial charge in [-0.15, -0.1) is 0 Å². The molecule has 0 aliphatic heterocycles. The summed E-state index contributed by atoms with van der Waals surface area (Å²) < 4.78 is 0. The highest BCUT2D eigenvalue weighted by Gasteiger charge is 2.33. The number of hydrogen-bond donors (Lipinski definition) is 0. The Bertz CT molecular complexity index is 3580. The minimum absolute atomic E-state index is 0.00758. The highest BCUT2D eigenvalue weighted by molar-refractivity contribution is 5.99. The molecule has 10 aromatic rings. The molecule has 1 aliphatic rings. The molecule has 0 atom stereocenters. The zero-order chi connectivity index (χ0) is 52.1. The van der Waals surface area contributed by atoms with Crippen LogP contribution in [-0.4, -0.2) is 15.0 Å². The summed E-state index contributed by atoms with van der Waals surface area (Å²) in [6.07, 6.45) is 0. The van der Waals surface area contributed by atoms with E-state index >= 15 is 0 Å². The van der Waals surface area contributed by atoms with Gasteiger partial charge in [-0.25, -0.2) is 15.0 Å². The van der Waals surface area contributed by atoms with E-state index in [-0.39, 0.29) is 22.2 Å². The highest BCUT2D eigenvalue weighted by Crippen LogP contribution is 2.52. The van der Waals surface area contributed by atoms with Crippen molar-refractivity contribution in [1.82, 2.24) is 15.0 Å². The molecule has 0 bridgehead atoms. The van der Waals surface area contributed by atoms with Crippen molar-refractivity contribution in [3.63, 3.8) is 0 Å². The Kier molecular flexibility index (Phi) is 12.7. The van der Waals surface area contributed by atoms with Gasteiger partial charge >= 0.3 is 0 Å². The van der Waals surface area contributed by atoms with Crippen LogP contribution in [0.2, 0.25) is 0 Å². The summed E-state index contributed by atoms with van der Waals surface area (Å²) in [5.41, 5.74) is 18.9. The average molecular weight is 976 g/mol. The molecular weight excluding hydrogens is 911 g/mol. The van der Waals surface area contributed by atoms with E-state index in [4.69, 9.17) is 15.0 Å². The van der Waals surface area contributed by atoms with Crippen LogP contribution >= 0.6 is 0 Å². The van der Waals surface area contributed by atoms with Gasteiger partial charge in [0.25, 0.3) is 0 Å². The first-order chi connectivity index (χ1) is 36.1. The summed E-state index contributed by atoms with van der Waals surface area (Å²) in [6, 6.07) is 81.3. The molecular formula is C70H65N5. The van der Waals surface area contributed by atoms with Crippen molar-refractivity contribution in [3.05, 3.63) is 258 Å². The van der Waals surface area contributed by atoms with Gasteiger partial charge in [-0.1, -0.05) is 214 Å². The lowest BCUT2D eigenvalue weighted by Gasteiger charge is -2.35. The third-order valence-corrected chi connectivity index (χ3v) is 14.7. The van der Waals surface area contributed by atoms with Gasteiger partial charge in [0.15, 0.2) is 11.6 Å². The van der Waals surface area contributed by atoms with E-state index in [1.165, 1.54) is 38.9 Å². The average Bonchev–Trinajstić information content (AvgIpc) is 3.76. The van der Waals surface area contributed by atoms with E-state index < -0.39 is 0 Å². The molecule has 0 N–H and O–H groups in total. The summed E-state index contributed by atoms with van der Waals surface area (Å²) in [5, 5.41) is 0. The van der Waals surface area contributed by atoms with Gasteiger partial charge in [0.2, 0.25) is 0 Å². The molecule has 1 heterocycles. The smallest absolute Gasteiger partial charge is 0.163 e. The second-order valence-corrected chi connectivity index (χ2v) is 23.0. The van der Waals surface area contributed by atoms with Gasteiger partial charge in [0.1, 0.15) is 5.82 Å². The second kappa shape index (κ2) is 19.5. The molecule has 11 rings (SSSR count). The summed E-state index contributed by atoms with van der Waals surface area (Å²) in [5.74, 6) is 1.87. The quantitative estimate of drug-likeness (QED) is 0.137. The lowest BCUT2D eigenvalue weighted by molar-refractivity contribution is 0.589. The zero-order valence-corrected chi connectivity index (χ0v) is 44.7. The van der Waals surface area contributed by atoms with Gasteiger partial charge in [0, 0.05) is 39.4 Å². The Labute approximate surface area is 444 Å². The third kappa shape index (κ3) is 9.67. The normalized spacial score (nSPS) is 12.5. The number of anilines is 6. The first kappa shape index (κ1) is 48.8. The molecule has 0 amide bonds. The van der Waals surface area contributed by atoms with Crippen LogP contribution in [-0.2, 0) is 16.2 Å². The fourth-order valence-electron chi connectivity index (χ4n) is 10.5. The first-order valence-electron chi connectivity index (χ1n) is 26.3. The Morgan fingerprint density at radius 2 is 0.667 bits per heavy atom. The molecule has 1 aliphatic carbocycles. The highest BCUT2D eigenvalue weighted by atomic mass is 15.2. The van der Waals surface area contributed by atoms with E-state index in [9.17, 15) is 0 Å². The van der Waals surface area contributed by atoms with Crippen molar-refractivity contribution < 1.29 is 0 Å². The van der Waals surface area contributed by atoms with E-state index in [0.717, 1.165) is 62.2 Å². The lowest BCUT2D eigenvalue weighted by Crippen LogP contribution is -2.20. The van der Waals surface area contributed by atoms with Gasteiger partial charge in [-0.05, 0) is 134 Å². The Morgan fingerprint density at radius 1 is 0.320 bits per heavy atom. The number of fused-ring (bicyclic) bond motifs is 3. The zero-order valence-electron chi connectivity index (χ0n) is 44.7. The van der Waals surface area contributed by atoms with Crippen LogP contribution in [0.15, 0.2) is 224 Å². The standard InChI is InChI=1S/C70H65N5/c1-68(2,3)50-35-41-55(42-36-50)74(53-27-17-12-18-28-53)61-45-52(70(7,8)9)46-62(63(61)47-23-13-10-14-24-47)75(56-43-37-51(38-44-56)69(4,5)6)54-39-33-49(34-40-54)66-71-65(48-25-15-11-16-26-48)72-67(73-66)64-59-31-21-19-29-57(59)58-30-20-22-32-60(58)64/h10-46,64H,1-9H3. The second-order valence-electron chi connectivity index (χ2n) is 23.0. The van der Waals surface area contributed by atoms with Crippen molar-refractivity contribution in [1.29, 1.82) is 0 Å². The van der Waals surface area contributed by atoms with Gasteiger partial charge < -0.3 is 9.80 Å². The van der Waals surface area contributed by atoms with Crippen molar-refractivity contribution >= 4 is 34.1 Å². The molecule has 5 heteroatoms. The van der Waals surface area contributed by atoms with Crippen LogP contribution in [0.4, 0.5) is 34.1 Å². The molecule has 370 valence electrons. The minimum atomic E-state index is -0.212. The minimum Gasteiger partial charge on any atom is -0.310 e. The topological polar surface area (TPSA) is 45.2 Å². The maximum absolute atomic E-state index is 5.39. The van der Waals surface area contributed by atoms with Crippen LogP contribution in [0, 0.1) is 0 Å². The van der Waals surface area contributed by atoms with E-state index in [1.54, 1.807) is 0 Å². The maximum atomic E-state index is 5.39. The van der Waals surface area contributed by atoms with Crippen LogP contribution < -0.4 is 9.80 Å². The van der Waals surface area contributed by atoms with Crippen molar-refractivity contribution in [2.24, 2.45) is 0 Å². The lowest BCUT2D eigenvalue weighted by atomic mass is 9.83. The van der Waals surface area contributed by atoms with Crippen LogP contribution in [0.3, 0.4) is 0 Å². The Balaban J connectivity index is 1.14. The van der Waals surface area contributed by atoms with Crippen LogP contribution in [0.1, 0.15) is 102 Å². The van der Waals surface area contributed by atoms with Gasteiger partial charge in [-0.2, -0.15) is 0 Å². The molecule has 0 saturated carbocycles. The molecule has 0 unspecified atom stereocenters. The molecule has 0 saturated heterocycles. The fraction of sp³-hybridized carbons (Fsp3) is 0.186. The molecule has 9 aromatic carbocycles. The van der Waals surface area contributed by atoms with Crippen LogP contribution in [0.25, 0.3) is 45.0 Å². The monoisotopic (exact) mass is 976 g/mol. The number of benzene rings is 9. The van der Waals surface area contributed by atoms with Gasteiger partial charge in [0.05, 0.1) is 17.3 Å². The van der Waals surface area contributed by atoms with E-state index in [1.807, 2.05) is 18.2 Å². The third-order valence-electron chi connectivity index (χ3n) is 14.7. The van der Waals surface area contributed by atoms with Crippen molar-refractivity contribution in [3.8, 4) is 45.0 Å². The Morgan fingerprint density at radius 3 is 1.09 bits per heavy atom. The number of nitrogens with zero attached hydrogens (tertiary/aromatic N) is 5. The van der Waals surface area contributed by atoms with Crippen molar-refractivity contribution in [2.45, 2.75) is 84.5 Å². The molecule has 0 radical (unpaired) electrons. The van der Waals surface area contributed by atoms with Crippen LogP contribution in [0.5, 0.6) is 0 Å². The molecule has 75 heavy (non-hydrogen) atoms. The number of aromatic nitrogens is 3. The number of para-hydroxylation sites is 1. The summed E-state index contributed by atoms with van der Waals surface area (Å²) in [6.45, 7) is 20.6. The van der Waals surface area contributed by atoms with E-state index in [0.29, 0.717) is 11.6 Å². The summed E-state index contributed by atoms with van der Waals surface area (Å²) in [7, 11) is 0. The largest absolute Gasteiger partial charge is 0.310 e.